The summed E-state index contributed by atoms with van der Waals surface area (Å²) in [6.45, 7) is 0. The van der Waals surface area contributed by atoms with Crippen molar-refractivity contribution in [3.05, 3.63) is 65.5 Å². The molecule has 0 atom stereocenters. The topological polar surface area (TPSA) is 77.6 Å². The SMILES string of the molecule is N/C(=N\OC(=O)c1ccc(CCl)cc1)c1ccccn1. The number of halogens is 1. The van der Waals surface area contributed by atoms with Crippen molar-refractivity contribution >= 4 is 23.4 Å². The summed E-state index contributed by atoms with van der Waals surface area (Å²) in [4.78, 5) is 20.5. The van der Waals surface area contributed by atoms with Gasteiger partial charge < -0.3 is 10.6 Å². The first-order valence-electron chi connectivity index (χ1n) is 5.82. The van der Waals surface area contributed by atoms with Crippen LogP contribution in [0, 0.1) is 0 Å². The molecule has 0 aliphatic carbocycles. The van der Waals surface area contributed by atoms with Crippen LogP contribution in [0.25, 0.3) is 0 Å². The molecule has 102 valence electrons. The van der Waals surface area contributed by atoms with Gasteiger partial charge in [0.1, 0.15) is 5.69 Å². The molecule has 0 unspecified atom stereocenters. The van der Waals surface area contributed by atoms with E-state index in [1.807, 2.05) is 0 Å². The summed E-state index contributed by atoms with van der Waals surface area (Å²) < 4.78 is 0. The molecule has 0 saturated carbocycles. The molecular formula is C14H12ClN3O2. The van der Waals surface area contributed by atoms with Gasteiger partial charge in [0.25, 0.3) is 0 Å². The fraction of sp³-hybridized carbons (Fsp3) is 0.0714. The molecule has 2 rings (SSSR count). The fourth-order valence-corrected chi connectivity index (χ4v) is 1.61. The van der Waals surface area contributed by atoms with Gasteiger partial charge in [-0.15, -0.1) is 11.6 Å². The Morgan fingerprint density at radius 2 is 2.00 bits per heavy atom. The highest BCUT2D eigenvalue weighted by Gasteiger charge is 2.08. The van der Waals surface area contributed by atoms with E-state index in [2.05, 4.69) is 10.1 Å². The number of carbonyl (C=O) groups is 1. The number of benzene rings is 1. The number of aromatic nitrogens is 1. The number of carbonyl (C=O) groups excluding carboxylic acids is 1. The minimum absolute atomic E-state index is 0.0383. The van der Waals surface area contributed by atoms with Crippen molar-refractivity contribution in [3.63, 3.8) is 0 Å². The van der Waals surface area contributed by atoms with Gasteiger partial charge in [0.15, 0.2) is 5.84 Å². The molecule has 1 aromatic heterocycles. The van der Waals surface area contributed by atoms with Crippen molar-refractivity contribution in [2.24, 2.45) is 10.9 Å². The number of pyridine rings is 1. The van der Waals surface area contributed by atoms with E-state index in [-0.39, 0.29) is 5.84 Å². The summed E-state index contributed by atoms with van der Waals surface area (Å²) in [5.74, 6) is -0.165. The van der Waals surface area contributed by atoms with Crippen LogP contribution >= 0.6 is 11.6 Å². The maximum Gasteiger partial charge on any atom is 0.365 e. The molecule has 0 amide bonds. The van der Waals surface area contributed by atoms with Crippen molar-refractivity contribution in [3.8, 4) is 0 Å². The highest BCUT2D eigenvalue weighted by Crippen LogP contribution is 2.08. The van der Waals surface area contributed by atoms with Crippen LogP contribution in [0.3, 0.4) is 0 Å². The first-order valence-corrected chi connectivity index (χ1v) is 6.35. The zero-order chi connectivity index (χ0) is 14.4. The second-order valence-corrected chi connectivity index (χ2v) is 4.17. The number of rotatable bonds is 4. The Balaban J connectivity index is 2.04. The number of alkyl halides is 1. The molecule has 0 fully saturated rings. The van der Waals surface area contributed by atoms with Crippen LogP contribution in [0.1, 0.15) is 21.6 Å². The molecule has 0 saturated heterocycles. The van der Waals surface area contributed by atoms with Crippen LogP contribution in [-0.2, 0) is 10.7 Å². The number of nitrogens with two attached hydrogens (primary N) is 1. The van der Waals surface area contributed by atoms with Crippen LogP contribution in [0.5, 0.6) is 0 Å². The quantitative estimate of drug-likeness (QED) is 0.308. The molecule has 0 aliphatic heterocycles. The molecule has 0 bridgehead atoms. The maximum absolute atomic E-state index is 11.7. The highest BCUT2D eigenvalue weighted by atomic mass is 35.5. The van der Waals surface area contributed by atoms with Gasteiger partial charge >= 0.3 is 5.97 Å². The van der Waals surface area contributed by atoms with Gasteiger partial charge in [-0.25, -0.2) is 4.79 Å². The smallest absolute Gasteiger partial charge is 0.365 e. The van der Waals surface area contributed by atoms with Crippen molar-refractivity contribution < 1.29 is 9.63 Å². The van der Waals surface area contributed by atoms with Gasteiger partial charge in [-0.2, -0.15) is 0 Å². The second-order valence-electron chi connectivity index (χ2n) is 3.90. The molecule has 2 N–H and O–H groups in total. The standard InChI is InChI=1S/C14H12ClN3O2/c15-9-10-4-6-11(7-5-10)14(19)20-18-13(16)12-3-1-2-8-17-12/h1-8H,9H2,(H2,16,18). The summed E-state index contributed by atoms with van der Waals surface area (Å²) in [5.41, 5.74) is 7.39. The molecular weight excluding hydrogens is 278 g/mol. The third-order valence-corrected chi connectivity index (χ3v) is 2.81. The lowest BCUT2D eigenvalue weighted by molar-refractivity contribution is 0.0516. The molecule has 0 spiro atoms. The van der Waals surface area contributed by atoms with E-state index in [1.54, 1.807) is 48.7 Å². The summed E-state index contributed by atoms with van der Waals surface area (Å²) in [6.07, 6.45) is 1.57. The number of oxime groups is 1. The predicted molar refractivity (Wildman–Crippen MR) is 76.4 cm³/mol. The first-order chi connectivity index (χ1) is 9.70. The van der Waals surface area contributed by atoms with Gasteiger partial charge in [-0.05, 0) is 29.8 Å². The monoisotopic (exact) mass is 289 g/mol. The Morgan fingerprint density at radius 3 is 2.60 bits per heavy atom. The summed E-state index contributed by atoms with van der Waals surface area (Å²) in [7, 11) is 0. The van der Waals surface area contributed by atoms with E-state index in [9.17, 15) is 4.79 Å². The van der Waals surface area contributed by atoms with Crippen molar-refractivity contribution in [2.45, 2.75) is 5.88 Å². The summed E-state index contributed by atoms with van der Waals surface area (Å²) in [5, 5.41) is 3.57. The van der Waals surface area contributed by atoms with E-state index in [0.29, 0.717) is 17.1 Å². The summed E-state index contributed by atoms with van der Waals surface area (Å²) >= 11 is 5.67. The third kappa shape index (κ3) is 3.55. The predicted octanol–water partition coefficient (Wildman–Crippen LogP) is 2.30. The molecule has 2 aromatic rings. The van der Waals surface area contributed by atoms with Crippen LogP contribution in [0.15, 0.2) is 53.8 Å². The minimum atomic E-state index is -0.593. The molecule has 1 heterocycles. The Hall–Kier alpha value is -2.40. The highest BCUT2D eigenvalue weighted by molar-refractivity contribution is 6.17. The number of amidine groups is 1. The van der Waals surface area contributed by atoms with Gasteiger partial charge in [-0.3, -0.25) is 4.98 Å². The molecule has 0 aliphatic rings. The third-order valence-electron chi connectivity index (χ3n) is 2.50. The van der Waals surface area contributed by atoms with Gasteiger partial charge in [-0.1, -0.05) is 23.4 Å². The minimum Gasteiger partial charge on any atom is -0.379 e. The van der Waals surface area contributed by atoms with Gasteiger partial charge in [0, 0.05) is 12.1 Å². The normalized spacial score (nSPS) is 11.2. The fourth-order valence-electron chi connectivity index (χ4n) is 1.43. The molecule has 0 radical (unpaired) electrons. The lowest BCUT2D eigenvalue weighted by Crippen LogP contribution is -2.16. The van der Waals surface area contributed by atoms with Crippen molar-refractivity contribution in [2.75, 3.05) is 0 Å². The molecule has 5 nitrogen and oxygen atoms in total. The zero-order valence-corrected chi connectivity index (χ0v) is 11.2. The molecule has 6 heteroatoms. The average Bonchev–Trinajstić information content (AvgIpc) is 2.53. The average molecular weight is 290 g/mol. The largest absolute Gasteiger partial charge is 0.379 e. The lowest BCUT2D eigenvalue weighted by Gasteiger charge is -2.01. The number of hydrogen-bond donors (Lipinski definition) is 1. The van der Waals surface area contributed by atoms with Crippen LogP contribution in [-0.4, -0.2) is 16.8 Å². The van der Waals surface area contributed by atoms with E-state index < -0.39 is 5.97 Å². The van der Waals surface area contributed by atoms with E-state index in [0.717, 1.165) is 5.56 Å². The Bertz CT molecular complexity index is 612. The van der Waals surface area contributed by atoms with Crippen LogP contribution < -0.4 is 5.73 Å². The Kier molecular flexibility index (Phi) is 4.68. The second kappa shape index (κ2) is 6.68. The van der Waals surface area contributed by atoms with E-state index in [1.165, 1.54) is 0 Å². The number of hydrogen-bond acceptors (Lipinski definition) is 4. The molecule has 20 heavy (non-hydrogen) atoms. The zero-order valence-electron chi connectivity index (χ0n) is 10.5. The Labute approximate surface area is 121 Å². The van der Waals surface area contributed by atoms with Crippen molar-refractivity contribution in [1.29, 1.82) is 0 Å². The van der Waals surface area contributed by atoms with Crippen LogP contribution in [0.2, 0.25) is 0 Å². The van der Waals surface area contributed by atoms with E-state index >= 15 is 0 Å². The van der Waals surface area contributed by atoms with Gasteiger partial charge in [0.05, 0.1) is 5.56 Å². The first kappa shape index (κ1) is 14.0. The summed E-state index contributed by atoms with van der Waals surface area (Å²) in [6, 6.07) is 11.9. The number of nitrogens with zero attached hydrogens (tertiary/aromatic N) is 2. The molecule has 1 aromatic carbocycles. The van der Waals surface area contributed by atoms with Crippen molar-refractivity contribution in [1.82, 2.24) is 4.98 Å². The maximum atomic E-state index is 11.7. The lowest BCUT2D eigenvalue weighted by atomic mass is 10.1. The van der Waals surface area contributed by atoms with Gasteiger partial charge in [0.2, 0.25) is 0 Å². The van der Waals surface area contributed by atoms with Crippen LogP contribution in [0.4, 0.5) is 0 Å². The van der Waals surface area contributed by atoms with E-state index in [4.69, 9.17) is 22.2 Å². The Morgan fingerprint density at radius 1 is 1.25 bits per heavy atom.